The van der Waals surface area contributed by atoms with Crippen molar-refractivity contribution in [3.63, 3.8) is 0 Å². The molecule has 0 fully saturated rings. The van der Waals surface area contributed by atoms with Crippen molar-refractivity contribution in [2.45, 2.75) is 19.9 Å². The number of nitro benzene ring substituents is 1. The molecule has 2 aromatic carbocycles. The van der Waals surface area contributed by atoms with E-state index in [0.717, 1.165) is 12.2 Å². The van der Waals surface area contributed by atoms with Crippen LogP contribution in [0.2, 0.25) is 0 Å². The summed E-state index contributed by atoms with van der Waals surface area (Å²) in [6, 6.07) is 13.7. The topological polar surface area (TPSA) is 96.3 Å². The predicted molar refractivity (Wildman–Crippen MR) is 98.3 cm³/mol. The molecule has 2 aromatic rings. The van der Waals surface area contributed by atoms with Crippen molar-refractivity contribution in [2.75, 3.05) is 18.4 Å². The van der Waals surface area contributed by atoms with Gasteiger partial charge in [-0.1, -0.05) is 25.1 Å². The van der Waals surface area contributed by atoms with Gasteiger partial charge >= 0.3 is 0 Å². The Morgan fingerprint density at radius 2 is 1.92 bits per heavy atom. The maximum atomic E-state index is 12.2. The molecule has 1 amide bonds. The minimum Gasteiger partial charge on any atom is -0.350 e. The molecule has 0 radical (unpaired) electrons. The van der Waals surface area contributed by atoms with Gasteiger partial charge in [-0.3, -0.25) is 14.9 Å². The molecule has 25 heavy (non-hydrogen) atoms. The Morgan fingerprint density at radius 3 is 2.56 bits per heavy atom. The molecule has 7 heteroatoms. The van der Waals surface area contributed by atoms with Gasteiger partial charge in [0.25, 0.3) is 11.6 Å². The van der Waals surface area contributed by atoms with Gasteiger partial charge in [0.05, 0.1) is 4.92 Å². The summed E-state index contributed by atoms with van der Waals surface area (Å²) in [4.78, 5) is 23.1. The highest BCUT2D eigenvalue weighted by atomic mass is 16.6. The van der Waals surface area contributed by atoms with E-state index in [-0.39, 0.29) is 23.2 Å². The van der Waals surface area contributed by atoms with Gasteiger partial charge in [-0.05, 0) is 37.7 Å². The standard InChI is InChI=1S/C18H22N4O3/c1-3-19-13(2)12-20-18(23)14-9-10-16(17(11-14)22(24)25)21-15-7-5-4-6-8-15/h4-11,13,19,21H,3,12H2,1-2H3,(H,20,23)/t13-/m1/s1. The zero-order valence-corrected chi connectivity index (χ0v) is 14.3. The van der Waals surface area contributed by atoms with Gasteiger partial charge in [0, 0.05) is 29.9 Å². The number of para-hydroxylation sites is 1. The molecule has 7 nitrogen and oxygen atoms in total. The fourth-order valence-corrected chi connectivity index (χ4v) is 2.38. The Kier molecular flexibility index (Phi) is 6.47. The first kappa shape index (κ1) is 18.4. The maximum absolute atomic E-state index is 12.2. The smallest absolute Gasteiger partial charge is 0.293 e. The second-order valence-electron chi connectivity index (χ2n) is 5.65. The molecule has 0 unspecified atom stereocenters. The van der Waals surface area contributed by atoms with E-state index in [1.165, 1.54) is 6.07 Å². The number of carbonyl (C=O) groups excluding carboxylic acids is 1. The second-order valence-corrected chi connectivity index (χ2v) is 5.65. The summed E-state index contributed by atoms with van der Waals surface area (Å²) in [6.07, 6.45) is 0. The van der Waals surface area contributed by atoms with E-state index in [1.54, 1.807) is 12.1 Å². The van der Waals surface area contributed by atoms with E-state index >= 15 is 0 Å². The highest BCUT2D eigenvalue weighted by Gasteiger charge is 2.18. The zero-order valence-electron chi connectivity index (χ0n) is 14.3. The number of hydrogen-bond acceptors (Lipinski definition) is 5. The van der Waals surface area contributed by atoms with Crippen LogP contribution in [0.3, 0.4) is 0 Å². The van der Waals surface area contributed by atoms with E-state index in [0.29, 0.717) is 12.2 Å². The lowest BCUT2D eigenvalue weighted by Crippen LogP contribution is -2.38. The fourth-order valence-electron chi connectivity index (χ4n) is 2.38. The van der Waals surface area contributed by atoms with E-state index in [4.69, 9.17) is 0 Å². The van der Waals surface area contributed by atoms with Crippen LogP contribution in [0.15, 0.2) is 48.5 Å². The Labute approximate surface area is 146 Å². The van der Waals surface area contributed by atoms with Crippen molar-refractivity contribution in [2.24, 2.45) is 0 Å². The molecule has 0 saturated heterocycles. The lowest BCUT2D eigenvalue weighted by molar-refractivity contribution is -0.383. The third kappa shape index (κ3) is 5.29. The van der Waals surface area contributed by atoms with E-state index in [2.05, 4.69) is 16.0 Å². The van der Waals surface area contributed by atoms with Gasteiger partial charge < -0.3 is 16.0 Å². The molecule has 0 aliphatic carbocycles. The average Bonchev–Trinajstić information content (AvgIpc) is 2.61. The minimum absolute atomic E-state index is 0.128. The van der Waals surface area contributed by atoms with Crippen LogP contribution in [0.1, 0.15) is 24.2 Å². The SMILES string of the molecule is CCN[C@H](C)CNC(=O)c1ccc(Nc2ccccc2)c([N+](=O)[O-])c1. The van der Waals surface area contributed by atoms with Crippen molar-refractivity contribution < 1.29 is 9.72 Å². The van der Waals surface area contributed by atoms with E-state index in [9.17, 15) is 14.9 Å². The van der Waals surface area contributed by atoms with Crippen LogP contribution in [-0.4, -0.2) is 30.0 Å². The van der Waals surface area contributed by atoms with Crippen molar-refractivity contribution in [1.29, 1.82) is 0 Å². The van der Waals surface area contributed by atoms with Crippen molar-refractivity contribution in [3.8, 4) is 0 Å². The van der Waals surface area contributed by atoms with E-state index < -0.39 is 4.92 Å². The van der Waals surface area contributed by atoms with Crippen molar-refractivity contribution in [3.05, 3.63) is 64.2 Å². The first-order valence-electron chi connectivity index (χ1n) is 8.13. The summed E-state index contributed by atoms with van der Waals surface area (Å²) >= 11 is 0. The highest BCUT2D eigenvalue weighted by Crippen LogP contribution is 2.28. The third-order valence-corrected chi connectivity index (χ3v) is 3.63. The Bertz CT molecular complexity index is 734. The van der Waals surface area contributed by atoms with E-state index in [1.807, 2.05) is 44.2 Å². The zero-order chi connectivity index (χ0) is 18.2. The van der Waals surface area contributed by atoms with Gasteiger partial charge in [0.2, 0.25) is 0 Å². The first-order chi connectivity index (χ1) is 12.0. The number of rotatable bonds is 8. The lowest BCUT2D eigenvalue weighted by Gasteiger charge is -2.13. The number of nitrogens with zero attached hydrogens (tertiary/aromatic N) is 1. The van der Waals surface area contributed by atoms with Crippen LogP contribution in [0.4, 0.5) is 17.1 Å². The molecule has 3 N–H and O–H groups in total. The minimum atomic E-state index is -0.497. The first-order valence-corrected chi connectivity index (χ1v) is 8.13. The number of nitrogens with one attached hydrogen (secondary N) is 3. The molecule has 0 aliphatic heterocycles. The molecule has 0 spiro atoms. The summed E-state index contributed by atoms with van der Waals surface area (Å²) in [5.41, 5.74) is 1.20. The Morgan fingerprint density at radius 1 is 1.20 bits per heavy atom. The monoisotopic (exact) mass is 342 g/mol. The molecule has 0 heterocycles. The molecular weight excluding hydrogens is 320 g/mol. The molecule has 0 aromatic heterocycles. The van der Waals surface area contributed by atoms with Gasteiger partial charge in [-0.25, -0.2) is 0 Å². The highest BCUT2D eigenvalue weighted by molar-refractivity contribution is 5.96. The van der Waals surface area contributed by atoms with Crippen LogP contribution in [0.25, 0.3) is 0 Å². The summed E-state index contributed by atoms with van der Waals surface area (Å²) in [7, 11) is 0. The number of hydrogen-bond donors (Lipinski definition) is 3. The molecule has 132 valence electrons. The predicted octanol–water partition coefficient (Wildman–Crippen LogP) is 3.07. The molecular formula is C18H22N4O3. The second kappa shape index (κ2) is 8.79. The van der Waals surface area contributed by atoms with Crippen LogP contribution in [0, 0.1) is 10.1 Å². The largest absolute Gasteiger partial charge is 0.350 e. The molecule has 0 saturated carbocycles. The number of benzene rings is 2. The number of nitro groups is 1. The quantitative estimate of drug-likeness (QED) is 0.506. The average molecular weight is 342 g/mol. The molecule has 0 aliphatic rings. The number of anilines is 2. The van der Waals surface area contributed by atoms with Crippen LogP contribution < -0.4 is 16.0 Å². The van der Waals surface area contributed by atoms with Crippen molar-refractivity contribution in [1.82, 2.24) is 10.6 Å². The lowest BCUT2D eigenvalue weighted by atomic mass is 10.1. The molecule has 2 rings (SSSR count). The fraction of sp³-hybridized carbons (Fsp3) is 0.278. The van der Waals surface area contributed by atoms with Gasteiger partial charge in [0.15, 0.2) is 0 Å². The van der Waals surface area contributed by atoms with Crippen LogP contribution in [-0.2, 0) is 0 Å². The normalized spacial score (nSPS) is 11.6. The summed E-state index contributed by atoms with van der Waals surface area (Å²) in [6.45, 7) is 5.20. The van der Waals surface area contributed by atoms with Gasteiger partial charge in [0.1, 0.15) is 5.69 Å². The van der Waals surface area contributed by atoms with Gasteiger partial charge in [-0.15, -0.1) is 0 Å². The van der Waals surface area contributed by atoms with Gasteiger partial charge in [-0.2, -0.15) is 0 Å². The molecule has 0 bridgehead atoms. The number of carbonyl (C=O) groups is 1. The summed E-state index contributed by atoms with van der Waals surface area (Å²) in [5, 5.41) is 20.3. The molecule has 1 atom stereocenters. The maximum Gasteiger partial charge on any atom is 0.293 e. The summed E-state index contributed by atoms with van der Waals surface area (Å²) in [5.74, 6) is -0.334. The Hall–Kier alpha value is -2.93. The van der Waals surface area contributed by atoms with Crippen molar-refractivity contribution >= 4 is 23.0 Å². The Balaban J connectivity index is 2.15. The van der Waals surface area contributed by atoms with Crippen LogP contribution >= 0.6 is 0 Å². The number of likely N-dealkylation sites (N-methyl/N-ethyl adjacent to an activating group) is 1. The van der Waals surface area contributed by atoms with Crippen LogP contribution in [0.5, 0.6) is 0 Å². The summed E-state index contributed by atoms with van der Waals surface area (Å²) < 4.78 is 0. The third-order valence-electron chi connectivity index (χ3n) is 3.63. The number of amides is 1.